The molecule has 7 heteroatoms. The van der Waals surface area contributed by atoms with Crippen LogP contribution in [-0.2, 0) is 0 Å². The summed E-state index contributed by atoms with van der Waals surface area (Å²) >= 11 is 0. The van der Waals surface area contributed by atoms with Crippen LogP contribution in [-0.4, -0.2) is 34.9 Å². The molecule has 0 unspecified atom stereocenters. The molecule has 0 saturated carbocycles. The first-order valence-electron chi connectivity index (χ1n) is 19.7. The Kier molecular flexibility index (Phi) is 9.79. The predicted octanol–water partition coefficient (Wildman–Crippen LogP) is 12.5. The van der Waals surface area contributed by atoms with Crippen molar-refractivity contribution in [1.29, 1.82) is 0 Å². The van der Waals surface area contributed by atoms with Crippen molar-refractivity contribution in [2.45, 2.75) is 0 Å². The summed E-state index contributed by atoms with van der Waals surface area (Å²) in [5.74, 6) is 0. The van der Waals surface area contributed by atoms with Gasteiger partial charge in [0.05, 0.1) is 56.9 Å². The van der Waals surface area contributed by atoms with Gasteiger partial charge in [-0.1, -0.05) is 84.9 Å². The highest BCUT2D eigenvalue weighted by Gasteiger charge is 2.17. The molecule has 10 aromatic rings. The van der Waals surface area contributed by atoms with Crippen LogP contribution in [0.15, 0.2) is 213 Å². The van der Waals surface area contributed by atoms with Crippen molar-refractivity contribution in [2.75, 3.05) is 0 Å². The van der Waals surface area contributed by atoms with Gasteiger partial charge in [0, 0.05) is 35.9 Å². The van der Waals surface area contributed by atoms with Gasteiger partial charge >= 0.3 is 0 Å². The molecular weight excluding hydrogens is 735 g/mol. The summed E-state index contributed by atoms with van der Waals surface area (Å²) in [4.78, 5) is 34.1. The predicted molar refractivity (Wildman–Crippen MR) is 240 cm³/mol. The topological polar surface area (TPSA) is 90.2 Å². The van der Waals surface area contributed by atoms with Gasteiger partial charge in [0.15, 0.2) is 0 Å². The molecule has 0 saturated heterocycles. The summed E-state index contributed by atoms with van der Waals surface area (Å²) in [6.45, 7) is 0. The monoisotopic (exact) mass is 769 g/mol. The van der Waals surface area contributed by atoms with Gasteiger partial charge in [0.1, 0.15) is 0 Å². The Morgan fingerprint density at radius 2 is 0.433 bits per heavy atom. The van der Waals surface area contributed by atoms with Crippen molar-refractivity contribution < 1.29 is 0 Å². The Bertz CT molecular complexity index is 2540. The van der Waals surface area contributed by atoms with Gasteiger partial charge in [-0.15, -0.1) is 0 Å². The number of aromatic nitrogens is 7. The van der Waals surface area contributed by atoms with Gasteiger partial charge in [0.2, 0.25) is 0 Å². The van der Waals surface area contributed by atoms with E-state index in [-0.39, 0.29) is 0 Å². The fraction of sp³-hybridized carbons (Fsp3) is 0. The van der Waals surface area contributed by atoms with E-state index < -0.39 is 0 Å². The molecule has 0 aliphatic rings. The maximum atomic E-state index is 5.20. The second kappa shape index (κ2) is 16.3. The summed E-state index contributed by atoms with van der Waals surface area (Å²) in [6, 6.07) is 63.8. The summed E-state index contributed by atoms with van der Waals surface area (Å²) in [5, 5.41) is 0. The highest BCUT2D eigenvalue weighted by Crippen LogP contribution is 2.39. The minimum atomic E-state index is 0.751. The molecule has 0 N–H and O–H groups in total. The zero-order valence-electron chi connectivity index (χ0n) is 32.3. The van der Waals surface area contributed by atoms with Crippen molar-refractivity contribution >= 4 is 0 Å². The minimum absolute atomic E-state index is 0.751. The lowest BCUT2D eigenvalue weighted by molar-refractivity contribution is 1.22. The number of hydrogen-bond acceptors (Lipinski definition) is 7. The molecule has 0 bridgehead atoms. The van der Waals surface area contributed by atoms with E-state index in [4.69, 9.17) is 34.9 Å². The Hall–Kier alpha value is -8.29. The number of benzene rings is 3. The van der Waals surface area contributed by atoms with E-state index in [1.807, 2.05) is 109 Å². The number of hydrogen-bond donors (Lipinski definition) is 0. The highest BCUT2D eigenvalue weighted by atomic mass is 14.8. The SMILES string of the molecule is c1ccc(-c2cc(-c3cc(-c4cc(-c5ccccn5)nc(-c5ccccn5)c4)cc(-c4cc(-c5ccccn5)nc(-c5ccccn5)c4)c3)cc(-c3ccccc3)n2)cc1. The molecule has 7 heterocycles. The molecular formula is C53H35N7. The average molecular weight is 770 g/mol. The van der Waals surface area contributed by atoms with Gasteiger partial charge in [-0.25, -0.2) is 15.0 Å². The highest BCUT2D eigenvalue weighted by molar-refractivity contribution is 5.87. The van der Waals surface area contributed by atoms with E-state index in [1.54, 1.807) is 24.8 Å². The smallest absolute Gasteiger partial charge is 0.0900 e. The van der Waals surface area contributed by atoms with Crippen molar-refractivity contribution in [3.63, 3.8) is 0 Å². The largest absolute Gasteiger partial charge is 0.255 e. The quantitative estimate of drug-likeness (QED) is 0.144. The first kappa shape index (κ1) is 36.1. The number of pyridine rings is 7. The lowest BCUT2D eigenvalue weighted by Gasteiger charge is -2.16. The van der Waals surface area contributed by atoms with Crippen molar-refractivity contribution in [1.82, 2.24) is 34.9 Å². The van der Waals surface area contributed by atoms with Crippen LogP contribution in [0.1, 0.15) is 0 Å². The van der Waals surface area contributed by atoms with E-state index in [0.717, 1.165) is 101 Å². The fourth-order valence-electron chi connectivity index (χ4n) is 7.31. The van der Waals surface area contributed by atoms with Crippen molar-refractivity contribution in [3.05, 3.63) is 213 Å². The fourth-order valence-corrected chi connectivity index (χ4v) is 7.31. The number of nitrogens with zero attached hydrogens (tertiary/aromatic N) is 7. The first-order chi connectivity index (χ1) is 29.7. The normalized spacial score (nSPS) is 11.0. The van der Waals surface area contributed by atoms with E-state index in [9.17, 15) is 0 Å². The molecule has 0 spiro atoms. The second-order valence-corrected chi connectivity index (χ2v) is 14.3. The second-order valence-electron chi connectivity index (χ2n) is 14.3. The third-order valence-electron chi connectivity index (χ3n) is 10.3. The lowest BCUT2D eigenvalue weighted by atomic mass is 9.91. The summed E-state index contributed by atoms with van der Waals surface area (Å²) in [6.07, 6.45) is 7.18. The standard InChI is InChI=1S/C53H35N7/c1-3-15-36(16-4-1)48-30-41(31-49(58-48)37-17-5-2-6-18-37)38-27-39(42-32-50(44-19-7-11-23-54-44)59-51(33-42)45-20-8-12-24-55-45)29-40(28-38)43-34-52(46-21-9-13-25-56-46)60-53(35-43)47-22-10-14-26-57-47/h1-35H. The summed E-state index contributed by atoms with van der Waals surface area (Å²) in [5.41, 5.74) is 15.9. The van der Waals surface area contributed by atoms with Crippen molar-refractivity contribution in [3.8, 4) is 101 Å². The Morgan fingerprint density at radius 1 is 0.183 bits per heavy atom. The van der Waals surface area contributed by atoms with Crippen LogP contribution in [0.3, 0.4) is 0 Å². The van der Waals surface area contributed by atoms with E-state index in [2.05, 4.69) is 78.9 Å². The van der Waals surface area contributed by atoms with Crippen molar-refractivity contribution in [2.24, 2.45) is 0 Å². The maximum absolute atomic E-state index is 5.20. The molecule has 0 radical (unpaired) electrons. The third kappa shape index (κ3) is 7.71. The van der Waals surface area contributed by atoms with Crippen LogP contribution in [0.2, 0.25) is 0 Å². The molecule has 0 amide bonds. The van der Waals surface area contributed by atoms with Crippen LogP contribution >= 0.6 is 0 Å². The molecule has 282 valence electrons. The van der Waals surface area contributed by atoms with E-state index in [1.165, 1.54) is 0 Å². The van der Waals surface area contributed by atoms with Gasteiger partial charge in [-0.3, -0.25) is 19.9 Å². The van der Waals surface area contributed by atoms with Crippen LogP contribution in [0.4, 0.5) is 0 Å². The zero-order chi connectivity index (χ0) is 40.1. The molecule has 7 aromatic heterocycles. The Morgan fingerprint density at radius 3 is 0.717 bits per heavy atom. The van der Waals surface area contributed by atoms with Crippen LogP contribution in [0, 0.1) is 0 Å². The Labute approximate surface area is 347 Å². The van der Waals surface area contributed by atoms with Crippen LogP contribution in [0.5, 0.6) is 0 Å². The zero-order valence-corrected chi connectivity index (χ0v) is 32.3. The van der Waals surface area contributed by atoms with Crippen LogP contribution < -0.4 is 0 Å². The average Bonchev–Trinajstić information content (AvgIpc) is 3.35. The molecule has 0 fully saturated rings. The molecule has 0 aliphatic heterocycles. The molecule has 0 atom stereocenters. The molecule has 60 heavy (non-hydrogen) atoms. The summed E-state index contributed by atoms with van der Waals surface area (Å²) in [7, 11) is 0. The lowest BCUT2D eigenvalue weighted by Crippen LogP contribution is -1.96. The number of rotatable bonds is 9. The minimum Gasteiger partial charge on any atom is -0.255 e. The van der Waals surface area contributed by atoms with E-state index >= 15 is 0 Å². The Balaban J connectivity index is 1.24. The maximum Gasteiger partial charge on any atom is 0.0900 e. The molecule has 10 rings (SSSR count). The van der Waals surface area contributed by atoms with Gasteiger partial charge in [-0.05, 0) is 137 Å². The third-order valence-corrected chi connectivity index (χ3v) is 10.3. The first-order valence-corrected chi connectivity index (χ1v) is 19.7. The van der Waals surface area contributed by atoms with Gasteiger partial charge in [0.25, 0.3) is 0 Å². The molecule has 7 nitrogen and oxygen atoms in total. The van der Waals surface area contributed by atoms with Gasteiger partial charge < -0.3 is 0 Å². The molecule has 3 aromatic carbocycles. The van der Waals surface area contributed by atoms with Gasteiger partial charge in [-0.2, -0.15) is 0 Å². The van der Waals surface area contributed by atoms with Crippen LogP contribution in [0.25, 0.3) is 101 Å². The summed E-state index contributed by atoms with van der Waals surface area (Å²) < 4.78 is 0. The molecule has 0 aliphatic carbocycles. The van der Waals surface area contributed by atoms with E-state index in [0.29, 0.717) is 0 Å².